The Hall–Kier alpha value is -1.17. The zero-order valence-electron chi connectivity index (χ0n) is 25.9. The second kappa shape index (κ2) is 23.5. The maximum Gasteiger partial charge on any atom is 0.217 e. The average molecular weight is 572 g/mol. The molecule has 0 aliphatic heterocycles. The van der Waals surface area contributed by atoms with E-state index in [9.17, 15) is 24.1 Å². The molecule has 0 rings (SSSR count). The Morgan fingerprint density at radius 1 is 0.667 bits per heavy atom. The fourth-order valence-corrected chi connectivity index (χ4v) is 5.67. The van der Waals surface area contributed by atoms with Gasteiger partial charge in [0.15, 0.2) is 19.2 Å². The Labute approximate surface area is 240 Å². The second-order valence-corrected chi connectivity index (χ2v) is 13.9. The van der Waals surface area contributed by atoms with Crippen LogP contribution in [-0.4, -0.2) is 65.8 Å². The van der Waals surface area contributed by atoms with Crippen LogP contribution in [0.4, 0.5) is 0 Å². The quantitative estimate of drug-likeness (QED) is 0.0626. The maximum atomic E-state index is 12.5. The first-order valence-corrected chi connectivity index (χ1v) is 16.9. The molecule has 0 aromatic rings. The lowest BCUT2D eigenvalue weighted by Crippen LogP contribution is -2.37. The van der Waals surface area contributed by atoms with E-state index in [1.165, 1.54) is 90.4 Å². The molecule has 2 N–H and O–H groups in total. The van der Waals surface area contributed by atoms with E-state index in [2.05, 4.69) is 12.2 Å². The van der Waals surface area contributed by atoms with Gasteiger partial charge < -0.3 is 14.7 Å². The standard InChI is InChI=1S/C31H59N2O5P/c1-6-7-8-9-10-11-12-13-14-15-16-17-18-19-20-21-22-29(35)25-28(32-27(2)34)26-31(37)39(38)30(36)23-24-33(3,4)5/h28,38H,6-26H2,1-5H3/p+1. The predicted molar refractivity (Wildman–Crippen MR) is 163 cm³/mol. The van der Waals surface area contributed by atoms with Crippen molar-refractivity contribution >= 4 is 30.9 Å². The number of Topliss-reactive ketones (excluding diaryl/α,β-unsaturated/α-hetero) is 1. The maximum absolute atomic E-state index is 12.5. The van der Waals surface area contributed by atoms with Crippen LogP contribution in [0.2, 0.25) is 0 Å². The lowest BCUT2D eigenvalue weighted by atomic mass is 10.0. The summed E-state index contributed by atoms with van der Waals surface area (Å²) >= 11 is 0. The monoisotopic (exact) mass is 571 g/mol. The van der Waals surface area contributed by atoms with Crippen LogP contribution in [0.15, 0.2) is 0 Å². The summed E-state index contributed by atoms with van der Waals surface area (Å²) in [5.74, 6) is -0.327. The normalized spacial score (nSPS) is 13.2. The molecule has 0 saturated heterocycles. The van der Waals surface area contributed by atoms with E-state index in [4.69, 9.17) is 0 Å². The highest BCUT2D eigenvalue weighted by Gasteiger charge is 2.29. The number of carbonyl (C=O) groups is 4. The molecule has 2 atom stereocenters. The van der Waals surface area contributed by atoms with Crippen LogP contribution in [0.5, 0.6) is 0 Å². The van der Waals surface area contributed by atoms with Gasteiger partial charge in [-0.25, -0.2) is 0 Å². The van der Waals surface area contributed by atoms with Gasteiger partial charge >= 0.3 is 0 Å². The Morgan fingerprint density at radius 2 is 1.10 bits per heavy atom. The summed E-state index contributed by atoms with van der Waals surface area (Å²) in [6.45, 7) is 4.13. The van der Waals surface area contributed by atoms with Crippen LogP contribution in [0.3, 0.4) is 0 Å². The van der Waals surface area contributed by atoms with Crippen LogP contribution in [0.1, 0.15) is 142 Å². The lowest BCUT2D eigenvalue weighted by molar-refractivity contribution is -0.869. The Balaban J connectivity index is 4.00. The number of quaternary nitrogens is 1. The highest BCUT2D eigenvalue weighted by atomic mass is 31.1. The summed E-state index contributed by atoms with van der Waals surface area (Å²) in [7, 11) is 3.39. The SMILES string of the molecule is CCCCCCCCCCCCCCCCCCC(=O)CC(CC(=O)P(O)C(=O)CC[N+](C)(C)C)NC(C)=O. The van der Waals surface area contributed by atoms with Crippen molar-refractivity contribution in [1.29, 1.82) is 0 Å². The molecule has 0 saturated carbocycles. The average Bonchev–Trinajstić information content (AvgIpc) is 2.85. The zero-order valence-corrected chi connectivity index (χ0v) is 26.8. The van der Waals surface area contributed by atoms with Crippen LogP contribution < -0.4 is 5.32 Å². The lowest BCUT2D eigenvalue weighted by Gasteiger charge is -2.23. The Bertz CT molecular complexity index is 693. The molecule has 1 amide bonds. The number of ketones is 1. The molecule has 2 unspecified atom stereocenters. The summed E-state index contributed by atoms with van der Waals surface area (Å²) in [4.78, 5) is 59.0. The summed E-state index contributed by atoms with van der Waals surface area (Å²) in [5.41, 5.74) is -1.03. The van der Waals surface area contributed by atoms with Gasteiger partial charge in [0.05, 0.1) is 34.1 Å². The number of amides is 1. The van der Waals surface area contributed by atoms with E-state index in [0.29, 0.717) is 17.4 Å². The number of hydrogen-bond acceptors (Lipinski definition) is 5. The first-order valence-electron chi connectivity index (χ1n) is 15.6. The van der Waals surface area contributed by atoms with Crippen molar-refractivity contribution in [3.63, 3.8) is 0 Å². The molecular weight excluding hydrogens is 511 g/mol. The third-order valence-electron chi connectivity index (χ3n) is 7.08. The van der Waals surface area contributed by atoms with Crippen LogP contribution >= 0.6 is 8.15 Å². The minimum Gasteiger partial charge on any atom is -0.360 e. The molecule has 0 bridgehead atoms. The Morgan fingerprint density at radius 3 is 1.51 bits per heavy atom. The molecular formula is C31H60N2O5P+. The fraction of sp³-hybridized carbons (Fsp3) is 0.871. The second-order valence-electron chi connectivity index (χ2n) is 12.3. The van der Waals surface area contributed by atoms with Gasteiger partial charge in [-0.2, -0.15) is 0 Å². The van der Waals surface area contributed by atoms with Crippen molar-refractivity contribution < 1.29 is 28.6 Å². The molecule has 0 aromatic carbocycles. The van der Waals surface area contributed by atoms with E-state index in [0.717, 1.165) is 19.3 Å². The number of rotatable bonds is 27. The van der Waals surface area contributed by atoms with Crippen molar-refractivity contribution in [3.05, 3.63) is 0 Å². The molecule has 0 aliphatic carbocycles. The van der Waals surface area contributed by atoms with Crippen molar-refractivity contribution in [2.24, 2.45) is 0 Å². The summed E-state index contributed by atoms with van der Waals surface area (Å²) in [6, 6.07) is -0.674. The molecule has 0 aliphatic rings. The molecule has 228 valence electrons. The number of unbranched alkanes of at least 4 members (excludes halogenated alkanes) is 15. The van der Waals surface area contributed by atoms with E-state index in [-0.39, 0.29) is 31.0 Å². The van der Waals surface area contributed by atoms with Crippen molar-refractivity contribution in [2.75, 3.05) is 27.7 Å². The van der Waals surface area contributed by atoms with Crippen LogP contribution in [-0.2, 0) is 19.2 Å². The number of carbonyl (C=O) groups excluding carboxylic acids is 4. The van der Waals surface area contributed by atoms with Crippen molar-refractivity contribution in [1.82, 2.24) is 5.32 Å². The third kappa shape index (κ3) is 24.4. The highest BCUT2D eigenvalue weighted by Crippen LogP contribution is 2.36. The molecule has 0 fully saturated rings. The summed E-state index contributed by atoms with van der Waals surface area (Å²) < 4.78 is 0.561. The minimum atomic E-state index is -2.42. The number of nitrogens with zero attached hydrogens (tertiary/aromatic N) is 1. The zero-order chi connectivity index (χ0) is 29.5. The van der Waals surface area contributed by atoms with Gasteiger partial charge in [0.25, 0.3) is 0 Å². The molecule has 0 radical (unpaired) electrons. The van der Waals surface area contributed by atoms with Gasteiger partial charge in [-0.05, 0) is 6.42 Å². The summed E-state index contributed by atoms with van der Waals surface area (Å²) in [6.07, 6.45) is 20.9. The van der Waals surface area contributed by atoms with Crippen molar-refractivity contribution in [3.8, 4) is 0 Å². The first-order chi connectivity index (χ1) is 18.5. The largest absolute Gasteiger partial charge is 0.360 e. The highest BCUT2D eigenvalue weighted by molar-refractivity contribution is 7.84. The van der Waals surface area contributed by atoms with Crippen LogP contribution in [0, 0.1) is 0 Å². The van der Waals surface area contributed by atoms with Crippen LogP contribution in [0.25, 0.3) is 0 Å². The molecule has 39 heavy (non-hydrogen) atoms. The van der Waals surface area contributed by atoms with Gasteiger partial charge in [-0.1, -0.05) is 103 Å². The fourth-order valence-electron chi connectivity index (χ4n) is 4.68. The minimum absolute atomic E-state index is 0.00513. The van der Waals surface area contributed by atoms with Gasteiger partial charge in [-0.3, -0.25) is 19.2 Å². The molecule has 0 heterocycles. The third-order valence-corrected chi connectivity index (χ3v) is 8.43. The topological polar surface area (TPSA) is 101 Å². The van der Waals surface area contributed by atoms with E-state index < -0.39 is 25.2 Å². The number of nitrogens with one attached hydrogen (secondary N) is 1. The van der Waals surface area contributed by atoms with Gasteiger partial charge in [0.2, 0.25) is 5.91 Å². The first kappa shape index (κ1) is 37.8. The van der Waals surface area contributed by atoms with Gasteiger partial charge in [0, 0.05) is 32.2 Å². The predicted octanol–water partition coefficient (Wildman–Crippen LogP) is 7.03. The Kier molecular flexibility index (Phi) is 22.8. The van der Waals surface area contributed by atoms with Gasteiger partial charge in [0.1, 0.15) is 5.78 Å². The molecule has 0 spiro atoms. The number of hydrogen-bond donors (Lipinski definition) is 2. The summed E-state index contributed by atoms with van der Waals surface area (Å²) in [5, 5.41) is 2.65. The van der Waals surface area contributed by atoms with Gasteiger partial charge in [-0.15, -0.1) is 0 Å². The molecule has 7 nitrogen and oxygen atoms in total. The molecule has 0 aromatic heterocycles. The van der Waals surface area contributed by atoms with E-state index >= 15 is 0 Å². The van der Waals surface area contributed by atoms with E-state index in [1.54, 1.807) is 0 Å². The van der Waals surface area contributed by atoms with E-state index in [1.807, 2.05) is 21.1 Å². The molecule has 8 heteroatoms. The smallest absolute Gasteiger partial charge is 0.217 e. The van der Waals surface area contributed by atoms with Crippen molar-refractivity contribution in [2.45, 2.75) is 148 Å².